The van der Waals surface area contributed by atoms with E-state index in [4.69, 9.17) is 15.3 Å². The molecule has 0 aliphatic rings. The molecular formula is C7H14O6. The van der Waals surface area contributed by atoms with Crippen LogP contribution in [0.1, 0.15) is 0 Å². The van der Waals surface area contributed by atoms with E-state index in [9.17, 15) is 9.90 Å². The van der Waals surface area contributed by atoms with Gasteiger partial charge in [-0.2, -0.15) is 0 Å². The minimum Gasteiger partial charge on any atom is -0.394 e. The van der Waals surface area contributed by atoms with Crippen LogP contribution >= 0.6 is 0 Å². The molecule has 6 nitrogen and oxygen atoms in total. The summed E-state index contributed by atoms with van der Waals surface area (Å²) in [6, 6.07) is 0. The van der Waals surface area contributed by atoms with Gasteiger partial charge in [-0.3, -0.25) is 0 Å². The van der Waals surface area contributed by atoms with Gasteiger partial charge in [-0.05, 0) is 0 Å². The molecule has 78 valence electrons. The fraction of sp³-hybridized carbons (Fsp3) is 0.857. The highest BCUT2D eigenvalue weighted by Crippen LogP contribution is 2.05. The molecule has 0 spiro atoms. The Morgan fingerprint density at radius 3 is 2.15 bits per heavy atom. The quantitative estimate of drug-likeness (QED) is 0.342. The SMILES string of the molecule is CO[C@H](CO)[C@@H](O)[C@H](O)[C@H](O)C=O. The lowest BCUT2D eigenvalue weighted by Crippen LogP contribution is -2.47. The number of rotatable bonds is 6. The van der Waals surface area contributed by atoms with Gasteiger partial charge in [-0.25, -0.2) is 0 Å². The number of methoxy groups -OCH3 is 1. The molecule has 0 saturated heterocycles. The van der Waals surface area contributed by atoms with Crippen LogP contribution in [0.3, 0.4) is 0 Å². The average molecular weight is 194 g/mol. The third-order valence-corrected chi connectivity index (χ3v) is 1.70. The summed E-state index contributed by atoms with van der Waals surface area (Å²) >= 11 is 0. The summed E-state index contributed by atoms with van der Waals surface area (Å²) in [6.07, 6.45) is -5.77. The van der Waals surface area contributed by atoms with Crippen molar-refractivity contribution < 1.29 is 30.0 Å². The van der Waals surface area contributed by atoms with Gasteiger partial charge < -0.3 is 30.0 Å². The first kappa shape index (κ1) is 12.5. The Morgan fingerprint density at radius 1 is 1.31 bits per heavy atom. The predicted molar refractivity (Wildman–Crippen MR) is 42.0 cm³/mol. The van der Waals surface area contributed by atoms with Gasteiger partial charge in [0, 0.05) is 7.11 Å². The van der Waals surface area contributed by atoms with E-state index in [2.05, 4.69) is 4.74 Å². The molecular weight excluding hydrogens is 180 g/mol. The predicted octanol–water partition coefficient (Wildman–Crippen LogP) is -2.72. The molecule has 0 fully saturated rings. The summed E-state index contributed by atoms with van der Waals surface area (Å²) < 4.78 is 4.59. The molecule has 6 heteroatoms. The van der Waals surface area contributed by atoms with Crippen LogP contribution in [0.4, 0.5) is 0 Å². The molecule has 0 aromatic rings. The van der Waals surface area contributed by atoms with Crippen LogP contribution in [0.5, 0.6) is 0 Å². The van der Waals surface area contributed by atoms with Gasteiger partial charge >= 0.3 is 0 Å². The highest BCUT2D eigenvalue weighted by Gasteiger charge is 2.30. The van der Waals surface area contributed by atoms with E-state index >= 15 is 0 Å². The van der Waals surface area contributed by atoms with Gasteiger partial charge in [0.25, 0.3) is 0 Å². The lowest BCUT2D eigenvalue weighted by molar-refractivity contribution is -0.140. The molecule has 0 aromatic heterocycles. The Morgan fingerprint density at radius 2 is 1.85 bits per heavy atom. The number of aliphatic hydroxyl groups is 4. The zero-order chi connectivity index (χ0) is 10.4. The average Bonchev–Trinajstić information content (AvgIpc) is 2.17. The van der Waals surface area contributed by atoms with Gasteiger partial charge in [-0.15, -0.1) is 0 Å². The summed E-state index contributed by atoms with van der Waals surface area (Å²) in [6.45, 7) is -0.514. The molecule has 4 atom stereocenters. The van der Waals surface area contributed by atoms with Crippen LogP contribution < -0.4 is 0 Å². The Kier molecular flexibility index (Phi) is 5.76. The largest absolute Gasteiger partial charge is 0.394 e. The zero-order valence-electron chi connectivity index (χ0n) is 7.20. The maximum Gasteiger partial charge on any atom is 0.151 e. The van der Waals surface area contributed by atoms with E-state index in [0.717, 1.165) is 0 Å². The third-order valence-electron chi connectivity index (χ3n) is 1.70. The number of aldehydes is 1. The van der Waals surface area contributed by atoms with Crippen molar-refractivity contribution in [2.45, 2.75) is 24.4 Å². The second kappa shape index (κ2) is 6.01. The minimum absolute atomic E-state index is 0.0952. The van der Waals surface area contributed by atoms with Crippen LogP contribution in [0.25, 0.3) is 0 Å². The third kappa shape index (κ3) is 3.37. The van der Waals surface area contributed by atoms with Gasteiger partial charge in [0.1, 0.15) is 24.4 Å². The van der Waals surface area contributed by atoms with E-state index in [-0.39, 0.29) is 6.29 Å². The first-order valence-corrected chi connectivity index (χ1v) is 3.71. The van der Waals surface area contributed by atoms with Crippen LogP contribution in [0.15, 0.2) is 0 Å². The first-order valence-electron chi connectivity index (χ1n) is 3.71. The van der Waals surface area contributed by atoms with Gasteiger partial charge in [-0.1, -0.05) is 0 Å². The lowest BCUT2D eigenvalue weighted by Gasteiger charge is -2.25. The second-order valence-corrected chi connectivity index (χ2v) is 2.56. The maximum atomic E-state index is 10.0. The molecule has 0 aliphatic carbocycles. The maximum absolute atomic E-state index is 10.0. The number of hydrogen-bond acceptors (Lipinski definition) is 6. The van der Waals surface area contributed by atoms with Crippen LogP contribution in [-0.4, -0.2) is 64.8 Å². The molecule has 0 radical (unpaired) electrons. The molecule has 0 unspecified atom stereocenters. The minimum atomic E-state index is -1.68. The fourth-order valence-electron chi connectivity index (χ4n) is 0.824. The van der Waals surface area contributed by atoms with Crippen molar-refractivity contribution in [1.29, 1.82) is 0 Å². The molecule has 0 aromatic carbocycles. The molecule has 0 bridgehead atoms. The zero-order valence-corrected chi connectivity index (χ0v) is 7.20. The highest BCUT2D eigenvalue weighted by molar-refractivity contribution is 5.56. The van der Waals surface area contributed by atoms with Crippen LogP contribution in [0.2, 0.25) is 0 Å². The number of carbonyl (C=O) groups is 1. The molecule has 0 saturated carbocycles. The number of ether oxygens (including phenoxy) is 1. The van der Waals surface area contributed by atoms with Crippen molar-refractivity contribution in [3.8, 4) is 0 Å². The molecule has 0 heterocycles. The number of hydrogen-bond donors (Lipinski definition) is 4. The van der Waals surface area contributed by atoms with Gasteiger partial charge in [0.15, 0.2) is 6.29 Å². The smallest absolute Gasteiger partial charge is 0.151 e. The monoisotopic (exact) mass is 194 g/mol. The lowest BCUT2D eigenvalue weighted by atomic mass is 10.0. The molecule has 0 rings (SSSR count). The van der Waals surface area contributed by atoms with Gasteiger partial charge in [0.05, 0.1) is 6.61 Å². The normalized spacial score (nSPS) is 20.4. The van der Waals surface area contributed by atoms with Crippen molar-refractivity contribution in [2.24, 2.45) is 0 Å². The summed E-state index contributed by atoms with van der Waals surface area (Å²) in [5.41, 5.74) is 0. The van der Waals surface area contributed by atoms with Crippen molar-refractivity contribution in [3.63, 3.8) is 0 Å². The van der Waals surface area contributed by atoms with E-state index in [1.807, 2.05) is 0 Å². The summed E-state index contributed by atoms with van der Waals surface area (Å²) in [5, 5.41) is 35.8. The van der Waals surface area contributed by atoms with Crippen LogP contribution in [-0.2, 0) is 9.53 Å². The van der Waals surface area contributed by atoms with Crippen molar-refractivity contribution in [2.75, 3.05) is 13.7 Å². The number of carbonyl (C=O) groups excluding carboxylic acids is 1. The standard InChI is InChI=1S/C7H14O6/c1-13-5(3-9)7(12)6(11)4(10)2-8/h2,4-7,9-12H,3H2,1H3/t4-,5-,6-,7-/m1/s1. The van der Waals surface area contributed by atoms with E-state index in [0.29, 0.717) is 0 Å². The fourth-order valence-corrected chi connectivity index (χ4v) is 0.824. The van der Waals surface area contributed by atoms with Crippen molar-refractivity contribution in [1.82, 2.24) is 0 Å². The highest BCUT2D eigenvalue weighted by atomic mass is 16.5. The molecule has 13 heavy (non-hydrogen) atoms. The molecule has 4 N–H and O–H groups in total. The molecule has 0 aliphatic heterocycles. The Balaban J connectivity index is 4.20. The topological polar surface area (TPSA) is 107 Å². The van der Waals surface area contributed by atoms with Gasteiger partial charge in [0.2, 0.25) is 0 Å². The Labute approximate surface area is 75.4 Å². The van der Waals surface area contributed by atoms with E-state index in [1.165, 1.54) is 7.11 Å². The van der Waals surface area contributed by atoms with Crippen LogP contribution in [0, 0.1) is 0 Å². The van der Waals surface area contributed by atoms with Crippen molar-refractivity contribution >= 4 is 6.29 Å². The summed E-state index contributed by atoms with van der Waals surface area (Å²) in [5.74, 6) is 0. The van der Waals surface area contributed by atoms with E-state index in [1.54, 1.807) is 0 Å². The molecule has 0 amide bonds. The Hall–Kier alpha value is -0.530. The van der Waals surface area contributed by atoms with Crippen molar-refractivity contribution in [3.05, 3.63) is 0 Å². The second-order valence-electron chi connectivity index (χ2n) is 2.56. The first-order chi connectivity index (χ1) is 6.08. The summed E-state index contributed by atoms with van der Waals surface area (Å²) in [7, 11) is 1.23. The summed E-state index contributed by atoms with van der Waals surface area (Å²) in [4.78, 5) is 10.0. The number of aliphatic hydroxyl groups excluding tert-OH is 4. The van der Waals surface area contributed by atoms with E-state index < -0.39 is 31.0 Å². The Bertz CT molecular complexity index is 146.